The Bertz CT molecular complexity index is 319. The maximum absolute atomic E-state index is 4.23. The number of hydrogen-bond donors (Lipinski definition) is 2. The van der Waals surface area contributed by atoms with Crippen molar-refractivity contribution in [3.05, 3.63) is 30.1 Å². The van der Waals surface area contributed by atoms with Crippen LogP contribution < -0.4 is 10.6 Å². The lowest BCUT2D eigenvalue weighted by Crippen LogP contribution is -2.38. The van der Waals surface area contributed by atoms with Gasteiger partial charge in [-0.3, -0.25) is 9.98 Å². The molecule has 4 nitrogen and oxygen atoms in total. The molecule has 17 heavy (non-hydrogen) atoms. The van der Waals surface area contributed by atoms with Crippen LogP contribution in [0.2, 0.25) is 0 Å². The van der Waals surface area contributed by atoms with Gasteiger partial charge >= 0.3 is 0 Å². The third-order valence-electron chi connectivity index (χ3n) is 1.99. The number of halogens is 1. The topological polar surface area (TPSA) is 49.3 Å². The molecular formula is C11H19IN4S. The van der Waals surface area contributed by atoms with Crippen LogP contribution in [0, 0.1) is 0 Å². The summed E-state index contributed by atoms with van der Waals surface area (Å²) < 4.78 is 0. The number of guanidine groups is 1. The molecule has 1 heterocycles. The van der Waals surface area contributed by atoms with Gasteiger partial charge < -0.3 is 10.6 Å². The van der Waals surface area contributed by atoms with Crippen molar-refractivity contribution in [1.82, 2.24) is 15.6 Å². The molecular weight excluding hydrogens is 347 g/mol. The Kier molecular flexibility index (Phi) is 10.3. The highest BCUT2D eigenvalue weighted by Gasteiger charge is 1.97. The van der Waals surface area contributed by atoms with E-state index in [0.717, 1.165) is 24.0 Å². The fourth-order valence-corrected chi connectivity index (χ4v) is 1.48. The largest absolute Gasteiger partial charge is 0.356 e. The van der Waals surface area contributed by atoms with E-state index in [1.807, 2.05) is 30.0 Å². The number of nitrogens with one attached hydrogen (secondary N) is 2. The molecule has 0 fully saturated rings. The fourth-order valence-electron chi connectivity index (χ4n) is 1.17. The first-order valence-electron chi connectivity index (χ1n) is 5.20. The molecule has 0 aliphatic carbocycles. The van der Waals surface area contributed by atoms with Gasteiger partial charge in [0.2, 0.25) is 0 Å². The first-order valence-corrected chi connectivity index (χ1v) is 6.59. The second kappa shape index (κ2) is 10.6. The van der Waals surface area contributed by atoms with Crippen LogP contribution in [-0.2, 0) is 6.54 Å². The number of nitrogens with zero attached hydrogens (tertiary/aromatic N) is 2. The van der Waals surface area contributed by atoms with Crippen LogP contribution >= 0.6 is 35.7 Å². The van der Waals surface area contributed by atoms with E-state index in [1.54, 1.807) is 13.2 Å². The van der Waals surface area contributed by atoms with Crippen LogP contribution in [0.3, 0.4) is 0 Å². The van der Waals surface area contributed by atoms with Crippen molar-refractivity contribution in [2.24, 2.45) is 4.99 Å². The predicted octanol–water partition coefficient (Wildman–Crippen LogP) is 1.73. The molecule has 0 radical (unpaired) electrons. The van der Waals surface area contributed by atoms with Gasteiger partial charge in [0.25, 0.3) is 0 Å². The smallest absolute Gasteiger partial charge is 0.191 e. The van der Waals surface area contributed by atoms with Crippen molar-refractivity contribution in [2.75, 3.05) is 25.6 Å². The van der Waals surface area contributed by atoms with Crippen LogP contribution in [0.15, 0.2) is 29.4 Å². The van der Waals surface area contributed by atoms with E-state index in [1.165, 1.54) is 0 Å². The van der Waals surface area contributed by atoms with Crippen molar-refractivity contribution >= 4 is 41.7 Å². The summed E-state index contributed by atoms with van der Waals surface area (Å²) >= 11 is 1.81. The van der Waals surface area contributed by atoms with E-state index in [0.29, 0.717) is 6.54 Å². The summed E-state index contributed by atoms with van der Waals surface area (Å²) in [7, 11) is 1.77. The SMILES string of the molecule is CN=C(NCCSC)NCc1ccccn1.I. The molecule has 1 aromatic heterocycles. The van der Waals surface area contributed by atoms with Gasteiger partial charge in [-0.2, -0.15) is 11.8 Å². The summed E-state index contributed by atoms with van der Waals surface area (Å²) in [6.45, 7) is 1.61. The molecule has 1 aromatic rings. The highest BCUT2D eigenvalue weighted by Crippen LogP contribution is 1.92. The number of aliphatic imine (C=N–C) groups is 1. The molecule has 0 unspecified atom stereocenters. The second-order valence-corrected chi connectivity index (χ2v) is 4.15. The van der Waals surface area contributed by atoms with Crippen LogP contribution in [0.4, 0.5) is 0 Å². The minimum atomic E-state index is 0. The molecule has 96 valence electrons. The van der Waals surface area contributed by atoms with Gasteiger partial charge in [0.05, 0.1) is 12.2 Å². The molecule has 0 aliphatic rings. The Morgan fingerprint density at radius 1 is 1.41 bits per heavy atom. The van der Waals surface area contributed by atoms with E-state index in [9.17, 15) is 0 Å². The molecule has 1 rings (SSSR count). The molecule has 0 atom stereocenters. The zero-order chi connectivity index (χ0) is 11.6. The Balaban J connectivity index is 0.00000256. The van der Waals surface area contributed by atoms with E-state index >= 15 is 0 Å². The second-order valence-electron chi connectivity index (χ2n) is 3.17. The lowest BCUT2D eigenvalue weighted by Gasteiger charge is -2.10. The molecule has 2 N–H and O–H groups in total. The Hall–Kier alpha value is -0.500. The number of hydrogen-bond acceptors (Lipinski definition) is 3. The summed E-state index contributed by atoms with van der Waals surface area (Å²) in [6, 6.07) is 5.88. The highest BCUT2D eigenvalue weighted by molar-refractivity contribution is 14.0. The van der Waals surface area contributed by atoms with Crippen molar-refractivity contribution in [3.8, 4) is 0 Å². The predicted molar refractivity (Wildman–Crippen MR) is 86.2 cm³/mol. The standard InChI is InChI=1S/C11H18N4S.HI/c1-12-11(14-7-8-16-2)15-9-10-5-3-4-6-13-10;/h3-6H,7-9H2,1-2H3,(H2,12,14,15);1H. The van der Waals surface area contributed by atoms with Gasteiger partial charge in [-0.25, -0.2) is 0 Å². The maximum atomic E-state index is 4.23. The van der Waals surface area contributed by atoms with Gasteiger partial charge in [-0.1, -0.05) is 6.07 Å². The van der Waals surface area contributed by atoms with E-state index in [4.69, 9.17) is 0 Å². The number of thioether (sulfide) groups is 1. The molecule has 0 spiro atoms. The average molecular weight is 366 g/mol. The Morgan fingerprint density at radius 2 is 2.24 bits per heavy atom. The van der Waals surface area contributed by atoms with Crippen molar-refractivity contribution in [2.45, 2.75) is 6.54 Å². The molecule has 6 heteroatoms. The third kappa shape index (κ3) is 7.43. The van der Waals surface area contributed by atoms with Crippen LogP contribution in [0.5, 0.6) is 0 Å². The van der Waals surface area contributed by atoms with Crippen LogP contribution in [0.1, 0.15) is 5.69 Å². The molecule has 0 aliphatic heterocycles. The lowest BCUT2D eigenvalue weighted by atomic mass is 10.3. The Morgan fingerprint density at radius 3 is 2.82 bits per heavy atom. The minimum Gasteiger partial charge on any atom is -0.356 e. The zero-order valence-electron chi connectivity index (χ0n) is 10.1. The van der Waals surface area contributed by atoms with Crippen LogP contribution in [0.25, 0.3) is 0 Å². The summed E-state index contributed by atoms with van der Waals surface area (Å²) in [5.74, 6) is 1.89. The van der Waals surface area contributed by atoms with E-state index in [2.05, 4.69) is 26.9 Å². The van der Waals surface area contributed by atoms with E-state index in [-0.39, 0.29) is 24.0 Å². The summed E-state index contributed by atoms with van der Waals surface area (Å²) in [5.41, 5.74) is 1.01. The minimum absolute atomic E-state index is 0. The van der Waals surface area contributed by atoms with Gasteiger partial charge in [0.15, 0.2) is 5.96 Å². The van der Waals surface area contributed by atoms with E-state index < -0.39 is 0 Å². The van der Waals surface area contributed by atoms with Crippen molar-refractivity contribution < 1.29 is 0 Å². The monoisotopic (exact) mass is 366 g/mol. The summed E-state index contributed by atoms with van der Waals surface area (Å²) in [5, 5.41) is 6.44. The van der Waals surface area contributed by atoms with Crippen molar-refractivity contribution in [1.29, 1.82) is 0 Å². The third-order valence-corrected chi connectivity index (χ3v) is 2.60. The van der Waals surface area contributed by atoms with Gasteiger partial charge in [0.1, 0.15) is 0 Å². The van der Waals surface area contributed by atoms with Gasteiger partial charge in [-0.15, -0.1) is 24.0 Å². The number of pyridine rings is 1. The number of aromatic nitrogens is 1. The Labute approximate surface area is 124 Å². The first-order chi connectivity index (χ1) is 7.86. The highest BCUT2D eigenvalue weighted by atomic mass is 127. The number of rotatable bonds is 5. The maximum Gasteiger partial charge on any atom is 0.191 e. The molecule has 0 saturated heterocycles. The van der Waals surface area contributed by atoms with Gasteiger partial charge in [0, 0.05) is 25.5 Å². The first kappa shape index (κ1) is 16.5. The average Bonchev–Trinajstić information content (AvgIpc) is 2.35. The fraction of sp³-hybridized carbons (Fsp3) is 0.455. The van der Waals surface area contributed by atoms with Gasteiger partial charge in [-0.05, 0) is 18.4 Å². The summed E-state index contributed by atoms with van der Waals surface area (Å²) in [4.78, 5) is 8.36. The molecule has 0 bridgehead atoms. The normalized spacial score (nSPS) is 10.6. The molecule has 0 saturated carbocycles. The summed E-state index contributed by atoms with van der Waals surface area (Å²) in [6.07, 6.45) is 3.88. The zero-order valence-corrected chi connectivity index (χ0v) is 13.3. The molecule has 0 amide bonds. The quantitative estimate of drug-likeness (QED) is 0.361. The van der Waals surface area contributed by atoms with Crippen LogP contribution in [-0.4, -0.2) is 36.5 Å². The van der Waals surface area contributed by atoms with Crippen molar-refractivity contribution in [3.63, 3.8) is 0 Å². The lowest BCUT2D eigenvalue weighted by molar-refractivity contribution is 0.813. The molecule has 0 aromatic carbocycles.